The molecule has 0 bridgehead atoms. The fourth-order valence-corrected chi connectivity index (χ4v) is 4.81. The number of nitrogens with zero attached hydrogens (tertiary/aromatic N) is 1. The Morgan fingerprint density at radius 2 is 2.10 bits per heavy atom. The molecule has 0 N–H and O–H groups in total. The van der Waals surface area contributed by atoms with Gasteiger partial charge in [-0.2, -0.15) is 11.8 Å². The minimum absolute atomic E-state index is 0.00953. The van der Waals surface area contributed by atoms with Gasteiger partial charge in [-0.25, -0.2) is 0 Å². The maximum atomic E-state index is 12.7. The third-order valence-corrected chi connectivity index (χ3v) is 5.87. The first kappa shape index (κ1) is 14.8. The van der Waals surface area contributed by atoms with Gasteiger partial charge in [-0.1, -0.05) is 0 Å². The van der Waals surface area contributed by atoms with E-state index in [4.69, 9.17) is 9.47 Å². The van der Waals surface area contributed by atoms with Crippen molar-refractivity contribution in [1.82, 2.24) is 4.90 Å². The summed E-state index contributed by atoms with van der Waals surface area (Å²) in [4.78, 5) is 14.9. The van der Waals surface area contributed by atoms with Crippen molar-refractivity contribution in [2.75, 3.05) is 44.9 Å². The van der Waals surface area contributed by atoms with Crippen molar-refractivity contribution in [3.05, 3.63) is 0 Å². The van der Waals surface area contributed by atoms with E-state index in [0.29, 0.717) is 12.4 Å². The van der Waals surface area contributed by atoms with E-state index in [2.05, 4.69) is 11.9 Å². The summed E-state index contributed by atoms with van der Waals surface area (Å²) in [5, 5.41) is 0. The molecule has 2 atom stereocenters. The lowest BCUT2D eigenvalue weighted by Gasteiger charge is -2.43. The average Bonchev–Trinajstić information content (AvgIpc) is 2.47. The Hall–Kier alpha value is -0.100. The zero-order valence-corrected chi connectivity index (χ0v) is 13.1. The van der Waals surface area contributed by atoms with E-state index in [-0.39, 0.29) is 17.6 Å². The lowest BCUT2D eigenvalue weighted by Crippen LogP contribution is -2.50. The molecule has 114 valence electrons. The summed E-state index contributed by atoms with van der Waals surface area (Å²) in [7, 11) is 2.06. The molecule has 3 saturated heterocycles. The second-order valence-corrected chi connectivity index (χ2v) is 7.58. The molecule has 5 heteroatoms. The molecule has 0 radical (unpaired) electrons. The third kappa shape index (κ3) is 3.21. The Kier molecular flexibility index (Phi) is 4.70. The minimum atomic E-state index is -0.216. The second kappa shape index (κ2) is 6.34. The van der Waals surface area contributed by atoms with Crippen LogP contribution in [-0.2, 0) is 14.3 Å². The van der Waals surface area contributed by atoms with Gasteiger partial charge in [-0.15, -0.1) is 0 Å². The Balaban J connectivity index is 1.62. The molecule has 0 amide bonds. The standard InChI is InChI=1S/C15H25NO3S/c1-16-5-7-18-13(11-16)14(17)12-2-6-19-15(10-12)3-8-20-9-4-15/h12-13H,2-11H2,1H3. The van der Waals surface area contributed by atoms with Crippen LogP contribution < -0.4 is 0 Å². The molecule has 0 aromatic carbocycles. The fourth-order valence-electron chi connectivity index (χ4n) is 3.58. The molecule has 1 spiro atoms. The van der Waals surface area contributed by atoms with Gasteiger partial charge < -0.3 is 14.4 Å². The summed E-state index contributed by atoms with van der Waals surface area (Å²) in [6.45, 7) is 3.10. The van der Waals surface area contributed by atoms with Crippen LogP contribution in [0.5, 0.6) is 0 Å². The van der Waals surface area contributed by atoms with Crippen LogP contribution in [0, 0.1) is 5.92 Å². The van der Waals surface area contributed by atoms with Gasteiger partial charge in [0.1, 0.15) is 6.10 Å². The summed E-state index contributed by atoms with van der Waals surface area (Å²) >= 11 is 2.00. The highest BCUT2D eigenvalue weighted by molar-refractivity contribution is 7.99. The molecular weight excluding hydrogens is 274 g/mol. The Morgan fingerprint density at radius 1 is 1.30 bits per heavy atom. The van der Waals surface area contributed by atoms with E-state index in [0.717, 1.165) is 45.4 Å². The van der Waals surface area contributed by atoms with Gasteiger partial charge in [0.25, 0.3) is 0 Å². The lowest BCUT2D eigenvalue weighted by molar-refractivity contribution is -0.152. The van der Waals surface area contributed by atoms with Crippen molar-refractivity contribution < 1.29 is 14.3 Å². The molecule has 3 heterocycles. The molecule has 3 aliphatic heterocycles. The minimum Gasteiger partial charge on any atom is -0.375 e. The molecule has 3 fully saturated rings. The SMILES string of the molecule is CN1CCOC(C(=O)C2CCOC3(CCSCC3)C2)C1. The van der Waals surface area contributed by atoms with Gasteiger partial charge in [-0.05, 0) is 44.2 Å². The van der Waals surface area contributed by atoms with Crippen LogP contribution in [0.25, 0.3) is 0 Å². The highest BCUT2D eigenvalue weighted by Gasteiger charge is 2.42. The summed E-state index contributed by atoms with van der Waals surface area (Å²) in [6.07, 6.45) is 3.78. The predicted octanol–water partition coefficient (Wildman–Crippen LogP) is 1.58. The third-order valence-electron chi connectivity index (χ3n) is 4.89. The zero-order chi connectivity index (χ0) is 14.0. The Labute approximate surface area is 125 Å². The van der Waals surface area contributed by atoms with Crippen LogP contribution in [0.3, 0.4) is 0 Å². The van der Waals surface area contributed by atoms with E-state index < -0.39 is 0 Å². The highest BCUT2D eigenvalue weighted by Crippen LogP contribution is 2.40. The van der Waals surface area contributed by atoms with Gasteiger partial charge in [0.2, 0.25) is 0 Å². The van der Waals surface area contributed by atoms with Crippen LogP contribution in [0.2, 0.25) is 0 Å². The molecule has 20 heavy (non-hydrogen) atoms. The molecule has 0 aliphatic carbocycles. The van der Waals surface area contributed by atoms with Crippen molar-refractivity contribution in [3.8, 4) is 0 Å². The topological polar surface area (TPSA) is 38.8 Å². The Bertz CT molecular complexity index is 352. The fraction of sp³-hybridized carbons (Fsp3) is 0.933. The van der Waals surface area contributed by atoms with Crippen molar-refractivity contribution in [1.29, 1.82) is 0 Å². The van der Waals surface area contributed by atoms with Gasteiger partial charge in [0, 0.05) is 25.6 Å². The number of hydrogen-bond acceptors (Lipinski definition) is 5. The van der Waals surface area contributed by atoms with E-state index in [9.17, 15) is 4.79 Å². The van der Waals surface area contributed by atoms with Gasteiger partial charge in [-0.3, -0.25) is 4.79 Å². The van der Waals surface area contributed by atoms with Gasteiger partial charge in [0.15, 0.2) is 5.78 Å². The van der Waals surface area contributed by atoms with E-state index in [1.807, 2.05) is 11.8 Å². The maximum Gasteiger partial charge on any atom is 0.166 e. The molecule has 4 nitrogen and oxygen atoms in total. The number of ketones is 1. The largest absolute Gasteiger partial charge is 0.375 e. The van der Waals surface area contributed by atoms with Crippen LogP contribution in [-0.4, -0.2) is 67.2 Å². The maximum absolute atomic E-state index is 12.7. The first-order valence-corrected chi connectivity index (χ1v) is 8.90. The van der Waals surface area contributed by atoms with Gasteiger partial charge in [0.05, 0.1) is 12.2 Å². The normalized spacial score (nSPS) is 35.0. The van der Waals surface area contributed by atoms with Crippen molar-refractivity contribution in [2.24, 2.45) is 5.92 Å². The summed E-state index contributed by atoms with van der Waals surface area (Å²) in [5.41, 5.74) is -0.00953. The number of rotatable bonds is 2. The number of Topliss-reactive ketones (excluding diaryl/α,β-unsaturated/α-hetero) is 1. The van der Waals surface area contributed by atoms with Crippen molar-refractivity contribution in [2.45, 2.75) is 37.4 Å². The quantitative estimate of drug-likeness (QED) is 0.774. The number of likely N-dealkylation sites (N-methyl/N-ethyl adjacent to an activating group) is 1. The number of thioether (sulfide) groups is 1. The zero-order valence-electron chi connectivity index (χ0n) is 12.3. The average molecular weight is 299 g/mol. The Morgan fingerprint density at radius 3 is 2.85 bits per heavy atom. The number of carbonyl (C=O) groups is 1. The van der Waals surface area contributed by atoms with Crippen LogP contribution in [0.1, 0.15) is 25.7 Å². The van der Waals surface area contributed by atoms with Crippen LogP contribution in [0.15, 0.2) is 0 Å². The van der Waals surface area contributed by atoms with Crippen LogP contribution in [0.4, 0.5) is 0 Å². The molecule has 3 aliphatic rings. The summed E-state index contributed by atoms with van der Waals surface area (Å²) in [6, 6.07) is 0. The predicted molar refractivity (Wildman–Crippen MR) is 80.2 cm³/mol. The highest BCUT2D eigenvalue weighted by atomic mass is 32.2. The molecule has 0 aromatic rings. The monoisotopic (exact) mass is 299 g/mol. The summed E-state index contributed by atoms with van der Waals surface area (Å²) < 4.78 is 11.8. The second-order valence-electron chi connectivity index (χ2n) is 6.36. The van der Waals surface area contributed by atoms with E-state index in [1.165, 1.54) is 11.5 Å². The number of morpholine rings is 1. The van der Waals surface area contributed by atoms with Gasteiger partial charge >= 0.3 is 0 Å². The number of hydrogen-bond donors (Lipinski definition) is 0. The molecule has 0 saturated carbocycles. The van der Waals surface area contributed by atoms with Crippen molar-refractivity contribution in [3.63, 3.8) is 0 Å². The van der Waals surface area contributed by atoms with Crippen LogP contribution >= 0.6 is 11.8 Å². The van der Waals surface area contributed by atoms with E-state index >= 15 is 0 Å². The molecule has 2 unspecified atom stereocenters. The smallest absolute Gasteiger partial charge is 0.166 e. The first-order valence-electron chi connectivity index (χ1n) is 7.74. The molecule has 3 rings (SSSR count). The number of ether oxygens (including phenoxy) is 2. The van der Waals surface area contributed by atoms with E-state index in [1.54, 1.807) is 0 Å². The summed E-state index contributed by atoms with van der Waals surface area (Å²) in [5.74, 6) is 2.80. The number of carbonyl (C=O) groups excluding carboxylic acids is 1. The first-order chi connectivity index (χ1) is 9.69. The lowest BCUT2D eigenvalue weighted by atomic mass is 9.79. The molecule has 0 aromatic heterocycles. The molecular formula is C15H25NO3S. The van der Waals surface area contributed by atoms with Crippen molar-refractivity contribution >= 4 is 17.5 Å².